The Morgan fingerprint density at radius 3 is 2.80 bits per heavy atom. The van der Waals surface area contributed by atoms with Crippen molar-refractivity contribution < 1.29 is 14.3 Å². The van der Waals surface area contributed by atoms with E-state index in [2.05, 4.69) is 15.6 Å². The summed E-state index contributed by atoms with van der Waals surface area (Å²) in [6.45, 7) is 4.88. The molecule has 7 heteroatoms. The summed E-state index contributed by atoms with van der Waals surface area (Å²) in [5, 5.41) is 5.84. The Balaban J connectivity index is 1.43. The highest BCUT2D eigenvalue weighted by Gasteiger charge is 2.24. The minimum absolute atomic E-state index is 0.160. The summed E-state index contributed by atoms with van der Waals surface area (Å²) >= 11 is 0. The molecule has 1 aliphatic heterocycles. The number of imidazole rings is 1. The minimum Gasteiger partial charge on any atom is -0.368 e. The molecule has 1 atom stereocenters. The van der Waals surface area contributed by atoms with Crippen molar-refractivity contribution in [3.05, 3.63) is 58.9 Å². The molecule has 2 heterocycles. The Labute approximate surface area is 175 Å². The topological polar surface area (TPSA) is 85.3 Å². The van der Waals surface area contributed by atoms with Gasteiger partial charge in [0.2, 0.25) is 0 Å². The van der Waals surface area contributed by atoms with Gasteiger partial charge in [0.05, 0.1) is 11.0 Å². The van der Waals surface area contributed by atoms with E-state index >= 15 is 0 Å². The van der Waals surface area contributed by atoms with E-state index in [9.17, 15) is 9.59 Å². The fraction of sp³-hybridized carbons (Fsp3) is 0.348. The fourth-order valence-electron chi connectivity index (χ4n) is 3.66. The molecule has 1 fully saturated rings. The molecule has 1 saturated heterocycles. The van der Waals surface area contributed by atoms with Crippen molar-refractivity contribution in [1.82, 2.24) is 14.9 Å². The largest absolute Gasteiger partial charge is 0.368 e. The third kappa shape index (κ3) is 4.07. The summed E-state index contributed by atoms with van der Waals surface area (Å²) < 4.78 is 7.47. The normalized spacial score (nSPS) is 16.0. The van der Waals surface area contributed by atoms with Crippen LogP contribution >= 0.6 is 0 Å². The number of aromatic nitrogens is 2. The van der Waals surface area contributed by atoms with E-state index in [-0.39, 0.29) is 11.8 Å². The molecule has 3 aromatic rings. The summed E-state index contributed by atoms with van der Waals surface area (Å²) in [5.41, 5.74) is 4.98. The lowest BCUT2D eigenvalue weighted by molar-refractivity contribution is -0.124. The van der Waals surface area contributed by atoms with E-state index < -0.39 is 6.10 Å². The van der Waals surface area contributed by atoms with Crippen LogP contribution in [-0.2, 0) is 23.1 Å². The summed E-state index contributed by atoms with van der Waals surface area (Å²) in [6, 6.07) is 11.3. The zero-order valence-electron chi connectivity index (χ0n) is 17.5. The van der Waals surface area contributed by atoms with Crippen LogP contribution in [0, 0.1) is 13.8 Å². The third-order valence-corrected chi connectivity index (χ3v) is 5.60. The molecule has 0 aliphatic carbocycles. The molecule has 1 aliphatic rings. The molecule has 2 aromatic carbocycles. The SMILES string of the molecule is Cc1ccc(C(=O)NCc2ccc3c(c2)nc(C)n3C)cc1NC(=O)C1CCCO1. The lowest BCUT2D eigenvalue weighted by Crippen LogP contribution is -2.27. The van der Waals surface area contributed by atoms with Crippen LogP contribution in [0.25, 0.3) is 11.0 Å². The highest BCUT2D eigenvalue weighted by atomic mass is 16.5. The summed E-state index contributed by atoms with van der Waals surface area (Å²) in [4.78, 5) is 29.6. The molecule has 2 N–H and O–H groups in total. The van der Waals surface area contributed by atoms with Crippen LogP contribution in [0.2, 0.25) is 0 Å². The second kappa shape index (κ2) is 8.28. The number of carbonyl (C=O) groups excluding carboxylic acids is 2. The molecule has 0 radical (unpaired) electrons. The van der Waals surface area contributed by atoms with Gasteiger partial charge in [0, 0.05) is 31.5 Å². The van der Waals surface area contributed by atoms with Gasteiger partial charge in [-0.15, -0.1) is 0 Å². The number of hydrogen-bond donors (Lipinski definition) is 2. The number of aryl methyl sites for hydroxylation is 3. The molecule has 0 spiro atoms. The van der Waals surface area contributed by atoms with E-state index in [4.69, 9.17) is 4.74 Å². The standard InChI is InChI=1S/C23H26N4O3/c1-14-6-8-17(12-18(14)26-23(29)21-5-4-10-30-21)22(28)24-13-16-7-9-20-19(11-16)25-15(2)27(20)3/h6-9,11-12,21H,4-5,10,13H2,1-3H3,(H,24,28)(H,26,29). The first-order valence-electron chi connectivity index (χ1n) is 10.2. The molecule has 30 heavy (non-hydrogen) atoms. The molecule has 0 bridgehead atoms. The van der Waals surface area contributed by atoms with Crippen molar-refractivity contribution in [1.29, 1.82) is 0 Å². The molecule has 1 aromatic heterocycles. The number of nitrogens with one attached hydrogen (secondary N) is 2. The maximum atomic E-state index is 12.7. The zero-order valence-corrected chi connectivity index (χ0v) is 17.5. The average molecular weight is 406 g/mol. The Hall–Kier alpha value is -3.19. The number of rotatable bonds is 5. The van der Waals surface area contributed by atoms with E-state index in [1.807, 2.05) is 49.7 Å². The Morgan fingerprint density at radius 1 is 1.20 bits per heavy atom. The third-order valence-electron chi connectivity index (χ3n) is 5.60. The first-order chi connectivity index (χ1) is 14.4. The monoisotopic (exact) mass is 406 g/mol. The summed E-state index contributed by atoms with van der Waals surface area (Å²) in [5.74, 6) is 0.593. The van der Waals surface area contributed by atoms with Gasteiger partial charge in [-0.3, -0.25) is 9.59 Å². The van der Waals surface area contributed by atoms with Crippen molar-refractivity contribution in [3.63, 3.8) is 0 Å². The van der Waals surface area contributed by atoms with Gasteiger partial charge < -0.3 is 19.9 Å². The Morgan fingerprint density at radius 2 is 2.03 bits per heavy atom. The number of amides is 2. The number of hydrogen-bond acceptors (Lipinski definition) is 4. The van der Waals surface area contributed by atoms with Gasteiger partial charge >= 0.3 is 0 Å². The summed E-state index contributed by atoms with van der Waals surface area (Å²) in [7, 11) is 1.98. The average Bonchev–Trinajstić information content (AvgIpc) is 3.36. The van der Waals surface area contributed by atoms with Gasteiger partial charge in [-0.1, -0.05) is 12.1 Å². The van der Waals surface area contributed by atoms with Gasteiger partial charge in [-0.2, -0.15) is 0 Å². The van der Waals surface area contributed by atoms with Crippen molar-refractivity contribution in [2.75, 3.05) is 11.9 Å². The highest BCUT2D eigenvalue weighted by Crippen LogP contribution is 2.20. The van der Waals surface area contributed by atoms with Crippen LogP contribution in [0.15, 0.2) is 36.4 Å². The molecular weight excluding hydrogens is 380 g/mol. The molecule has 2 amide bonds. The van der Waals surface area contributed by atoms with Crippen LogP contribution in [0.1, 0.15) is 40.2 Å². The van der Waals surface area contributed by atoms with Crippen molar-refractivity contribution in [3.8, 4) is 0 Å². The number of ether oxygens (including phenoxy) is 1. The summed E-state index contributed by atoms with van der Waals surface area (Å²) in [6.07, 6.45) is 1.21. The van der Waals surface area contributed by atoms with Gasteiger partial charge in [0.25, 0.3) is 11.8 Å². The number of carbonyl (C=O) groups is 2. The number of fused-ring (bicyclic) bond motifs is 1. The predicted octanol–water partition coefficient (Wildman–Crippen LogP) is 3.24. The first-order valence-corrected chi connectivity index (χ1v) is 10.2. The fourth-order valence-corrected chi connectivity index (χ4v) is 3.66. The van der Waals surface area contributed by atoms with Crippen LogP contribution in [0.4, 0.5) is 5.69 Å². The predicted molar refractivity (Wildman–Crippen MR) is 115 cm³/mol. The highest BCUT2D eigenvalue weighted by molar-refractivity contribution is 5.99. The van der Waals surface area contributed by atoms with E-state index in [1.54, 1.807) is 12.1 Å². The molecule has 156 valence electrons. The number of benzene rings is 2. The second-order valence-electron chi connectivity index (χ2n) is 7.74. The van der Waals surface area contributed by atoms with Gasteiger partial charge in [-0.25, -0.2) is 4.98 Å². The molecule has 1 unspecified atom stereocenters. The number of anilines is 1. The van der Waals surface area contributed by atoms with Gasteiger partial charge in [-0.05, 0) is 62.1 Å². The van der Waals surface area contributed by atoms with Crippen LogP contribution in [-0.4, -0.2) is 34.1 Å². The maximum Gasteiger partial charge on any atom is 0.253 e. The Kier molecular flexibility index (Phi) is 5.55. The minimum atomic E-state index is -0.410. The zero-order chi connectivity index (χ0) is 21.3. The van der Waals surface area contributed by atoms with Gasteiger partial charge in [0.1, 0.15) is 11.9 Å². The number of nitrogens with zero attached hydrogens (tertiary/aromatic N) is 2. The lowest BCUT2D eigenvalue weighted by Gasteiger charge is -2.14. The lowest BCUT2D eigenvalue weighted by atomic mass is 10.1. The molecule has 7 nitrogen and oxygen atoms in total. The van der Waals surface area contributed by atoms with E-state index in [0.717, 1.165) is 40.8 Å². The quantitative estimate of drug-likeness (QED) is 0.681. The molecule has 4 rings (SSSR count). The van der Waals surface area contributed by atoms with E-state index in [1.165, 1.54) is 0 Å². The smallest absolute Gasteiger partial charge is 0.253 e. The molecule has 0 saturated carbocycles. The van der Waals surface area contributed by atoms with Crippen LogP contribution in [0.5, 0.6) is 0 Å². The maximum absolute atomic E-state index is 12.7. The first kappa shape index (κ1) is 20.1. The van der Waals surface area contributed by atoms with Crippen molar-refractivity contribution in [2.45, 2.75) is 39.3 Å². The Bertz CT molecular complexity index is 1110. The van der Waals surface area contributed by atoms with E-state index in [0.29, 0.717) is 24.4 Å². The van der Waals surface area contributed by atoms with Crippen LogP contribution < -0.4 is 10.6 Å². The molecular formula is C23H26N4O3. The van der Waals surface area contributed by atoms with Crippen LogP contribution in [0.3, 0.4) is 0 Å². The van der Waals surface area contributed by atoms with Gasteiger partial charge in [0.15, 0.2) is 0 Å². The van der Waals surface area contributed by atoms with Crippen molar-refractivity contribution in [2.24, 2.45) is 7.05 Å². The second-order valence-corrected chi connectivity index (χ2v) is 7.74. The van der Waals surface area contributed by atoms with Crippen molar-refractivity contribution >= 4 is 28.5 Å².